The van der Waals surface area contributed by atoms with Gasteiger partial charge in [-0.3, -0.25) is 24.2 Å². The summed E-state index contributed by atoms with van der Waals surface area (Å²) in [6.45, 7) is 11.8. The van der Waals surface area contributed by atoms with E-state index in [4.69, 9.17) is 9.84 Å². The number of ether oxygens (including phenoxy) is 1. The monoisotopic (exact) mass is 712 g/mol. The van der Waals surface area contributed by atoms with E-state index in [9.17, 15) is 27.6 Å². The Morgan fingerprint density at radius 1 is 1.02 bits per heavy atom. The summed E-state index contributed by atoms with van der Waals surface area (Å²) in [5, 5.41) is 10.6. The number of halogens is 3. The predicted molar refractivity (Wildman–Crippen MR) is 188 cm³/mol. The molecule has 4 aromatic rings. The maximum Gasteiger partial charge on any atom is 0.416 e. The number of nitrogens with zero attached hydrogens (tertiary/aromatic N) is 4. The summed E-state index contributed by atoms with van der Waals surface area (Å²) in [6, 6.07) is 19.6. The summed E-state index contributed by atoms with van der Waals surface area (Å²) >= 11 is 0. The second-order valence-corrected chi connectivity index (χ2v) is 13.8. The second-order valence-electron chi connectivity index (χ2n) is 13.8. The SMILES string of the molecule is C=C(CN1CC2(COC2)C1)C(=O)NCc1cccc([C@H]2c3c(C)nn(-c4ccccc4)c3N(CC)C(=O)[C@@H]2NC(=O)c2cccc(C(F)(F)F)c2)c1. The zero-order valence-corrected chi connectivity index (χ0v) is 28.9. The van der Waals surface area contributed by atoms with Gasteiger partial charge >= 0.3 is 6.18 Å². The normalized spacial score (nSPS) is 19.4. The van der Waals surface area contributed by atoms with Gasteiger partial charge in [0.05, 0.1) is 30.2 Å². The van der Waals surface area contributed by atoms with E-state index in [0.29, 0.717) is 34.8 Å². The molecule has 2 atom stereocenters. The number of nitrogens with one attached hydrogen (secondary N) is 2. The van der Waals surface area contributed by atoms with Gasteiger partial charge in [0, 0.05) is 60.8 Å². The lowest BCUT2D eigenvalue weighted by Gasteiger charge is -2.55. The van der Waals surface area contributed by atoms with Crippen LogP contribution in [-0.2, 0) is 27.0 Å². The molecule has 3 aliphatic rings. The van der Waals surface area contributed by atoms with Crippen molar-refractivity contribution in [2.24, 2.45) is 5.41 Å². The number of likely N-dealkylation sites (N-methyl/N-ethyl adjacent to an activating group) is 1. The number of carbonyl (C=O) groups excluding carboxylic acids is 3. The van der Waals surface area contributed by atoms with Crippen LogP contribution < -0.4 is 15.5 Å². The fourth-order valence-electron chi connectivity index (χ4n) is 7.49. The van der Waals surface area contributed by atoms with Crippen molar-refractivity contribution < 1.29 is 32.3 Å². The van der Waals surface area contributed by atoms with Gasteiger partial charge in [0.2, 0.25) is 5.91 Å². The average Bonchev–Trinajstić information content (AvgIpc) is 3.44. The third-order valence-electron chi connectivity index (χ3n) is 10.0. The Hall–Kier alpha value is -5.27. The van der Waals surface area contributed by atoms with Crippen LogP contribution in [0.25, 0.3) is 5.69 Å². The number of carbonyl (C=O) groups is 3. The molecule has 0 aliphatic carbocycles. The van der Waals surface area contributed by atoms with E-state index in [0.717, 1.165) is 55.8 Å². The van der Waals surface area contributed by atoms with Crippen molar-refractivity contribution in [3.8, 4) is 5.69 Å². The predicted octanol–water partition coefficient (Wildman–Crippen LogP) is 5.00. The minimum Gasteiger partial charge on any atom is -0.380 e. The number of hydrogen-bond acceptors (Lipinski definition) is 6. The van der Waals surface area contributed by atoms with Crippen molar-refractivity contribution in [3.63, 3.8) is 0 Å². The molecule has 4 heterocycles. The summed E-state index contributed by atoms with van der Waals surface area (Å²) in [5.74, 6) is -1.74. The molecule has 1 spiro atoms. The molecule has 1 aromatic heterocycles. The lowest BCUT2D eigenvalue weighted by molar-refractivity contribution is -0.186. The van der Waals surface area contributed by atoms with Gasteiger partial charge in [-0.2, -0.15) is 18.3 Å². The van der Waals surface area contributed by atoms with Gasteiger partial charge < -0.3 is 15.4 Å². The van der Waals surface area contributed by atoms with Gasteiger partial charge in [-0.25, -0.2) is 4.68 Å². The zero-order chi connectivity index (χ0) is 36.8. The van der Waals surface area contributed by atoms with E-state index < -0.39 is 35.5 Å². The quantitative estimate of drug-likeness (QED) is 0.224. The summed E-state index contributed by atoms with van der Waals surface area (Å²) in [4.78, 5) is 44.9. The summed E-state index contributed by atoms with van der Waals surface area (Å²) in [5.41, 5.74) is 2.94. The first kappa shape index (κ1) is 35.1. The topological polar surface area (TPSA) is 109 Å². The molecule has 10 nitrogen and oxygen atoms in total. The average molecular weight is 713 g/mol. The molecule has 52 heavy (non-hydrogen) atoms. The molecule has 0 saturated carbocycles. The Kier molecular flexibility index (Phi) is 9.26. The number of likely N-dealkylation sites (tertiary alicyclic amines) is 1. The number of rotatable bonds is 10. The van der Waals surface area contributed by atoms with Crippen LogP contribution >= 0.6 is 0 Å². The van der Waals surface area contributed by atoms with Gasteiger partial charge in [0.15, 0.2) is 0 Å². The summed E-state index contributed by atoms with van der Waals surface area (Å²) in [6.07, 6.45) is -4.65. The molecule has 2 N–H and O–H groups in total. The van der Waals surface area contributed by atoms with Crippen molar-refractivity contribution in [2.45, 2.75) is 38.5 Å². The molecule has 13 heteroatoms. The molecule has 2 saturated heterocycles. The fourth-order valence-corrected chi connectivity index (χ4v) is 7.49. The molecule has 3 aliphatic heterocycles. The molecule has 3 aromatic carbocycles. The van der Waals surface area contributed by atoms with Crippen LogP contribution in [0.5, 0.6) is 0 Å². The van der Waals surface area contributed by atoms with Gasteiger partial charge in [0.25, 0.3) is 11.8 Å². The third kappa shape index (κ3) is 6.61. The molecule has 2 fully saturated rings. The molecule has 3 amide bonds. The third-order valence-corrected chi connectivity index (χ3v) is 10.0. The van der Waals surface area contributed by atoms with Gasteiger partial charge in [-0.05, 0) is 55.3 Å². The first-order valence-corrected chi connectivity index (χ1v) is 17.2. The Bertz CT molecular complexity index is 2030. The van der Waals surface area contributed by atoms with Crippen LogP contribution in [0.4, 0.5) is 19.0 Å². The fraction of sp³-hybridized carbons (Fsp3) is 0.333. The number of alkyl halides is 3. The lowest BCUT2D eigenvalue weighted by Crippen LogP contribution is -2.66. The number of fused-ring (bicyclic) bond motifs is 1. The first-order chi connectivity index (χ1) is 24.9. The highest BCUT2D eigenvalue weighted by molar-refractivity contribution is 6.05. The van der Waals surface area contributed by atoms with Crippen LogP contribution in [0.15, 0.2) is 91.0 Å². The Morgan fingerprint density at radius 3 is 2.42 bits per heavy atom. The van der Waals surface area contributed by atoms with Gasteiger partial charge in [-0.1, -0.05) is 55.1 Å². The Labute approximate surface area is 299 Å². The number of anilines is 1. The van der Waals surface area contributed by atoms with E-state index in [2.05, 4.69) is 22.1 Å². The molecule has 0 radical (unpaired) electrons. The van der Waals surface area contributed by atoms with Crippen LogP contribution in [0, 0.1) is 12.3 Å². The molecular weight excluding hydrogens is 673 g/mol. The van der Waals surface area contributed by atoms with E-state index in [-0.39, 0.29) is 30.0 Å². The van der Waals surface area contributed by atoms with E-state index in [1.807, 2.05) is 68.4 Å². The Morgan fingerprint density at radius 2 is 1.75 bits per heavy atom. The Balaban J connectivity index is 1.20. The first-order valence-electron chi connectivity index (χ1n) is 17.2. The smallest absolute Gasteiger partial charge is 0.380 e. The van der Waals surface area contributed by atoms with Crippen molar-refractivity contribution >= 4 is 23.5 Å². The number of aromatic nitrogens is 2. The number of aryl methyl sites for hydroxylation is 1. The van der Waals surface area contributed by atoms with Crippen molar-refractivity contribution in [2.75, 3.05) is 44.3 Å². The molecule has 7 rings (SSSR count). The number of hydrogen-bond donors (Lipinski definition) is 2. The van der Waals surface area contributed by atoms with Crippen LogP contribution in [0.2, 0.25) is 0 Å². The molecule has 270 valence electrons. The van der Waals surface area contributed by atoms with Crippen molar-refractivity contribution in [1.29, 1.82) is 0 Å². The van der Waals surface area contributed by atoms with Crippen molar-refractivity contribution in [1.82, 2.24) is 25.3 Å². The minimum atomic E-state index is -4.65. The molecule has 0 unspecified atom stereocenters. The zero-order valence-electron chi connectivity index (χ0n) is 28.9. The summed E-state index contributed by atoms with van der Waals surface area (Å²) < 4.78 is 47.7. The maximum atomic E-state index is 14.5. The van der Waals surface area contributed by atoms with Crippen molar-refractivity contribution in [3.05, 3.63) is 125 Å². The van der Waals surface area contributed by atoms with Crippen LogP contribution in [0.3, 0.4) is 0 Å². The highest BCUT2D eigenvalue weighted by Crippen LogP contribution is 2.44. The molecule has 0 bridgehead atoms. The number of amides is 3. The minimum absolute atomic E-state index is 0.182. The largest absolute Gasteiger partial charge is 0.416 e. The number of para-hydroxylation sites is 1. The standard InChI is InChI=1S/C39H39F3N6O4/c1-4-47-36-31(25(3)45-48(36)30-14-6-5-7-15-30)32(33(37(47)51)44-35(50)28-12-9-13-29(17-28)39(40,41)42)27-11-8-10-26(16-27)18-43-34(49)24(2)19-46-20-38(21-46)22-52-23-38/h5-17,32-33H,2,4,18-23H2,1,3H3,(H,43,49)(H,44,50)/t32-,33+/m0/s1. The second kappa shape index (κ2) is 13.7. The van der Waals surface area contributed by atoms with E-state index in [1.165, 1.54) is 6.07 Å². The lowest BCUT2D eigenvalue weighted by atomic mass is 9.78. The van der Waals surface area contributed by atoms with Crippen LogP contribution in [0.1, 0.15) is 51.1 Å². The van der Waals surface area contributed by atoms with E-state index >= 15 is 0 Å². The molecular formula is C39H39F3N6O4. The summed E-state index contributed by atoms with van der Waals surface area (Å²) in [7, 11) is 0. The maximum absolute atomic E-state index is 14.5. The highest BCUT2D eigenvalue weighted by atomic mass is 19.4. The van der Waals surface area contributed by atoms with Crippen LogP contribution in [-0.4, -0.2) is 77.8 Å². The number of benzene rings is 3. The van der Waals surface area contributed by atoms with Gasteiger partial charge in [-0.15, -0.1) is 0 Å². The van der Waals surface area contributed by atoms with Gasteiger partial charge in [0.1, 0.15) is 11.9 Å². The van der Waals surface area contributed by atoms with E-state index in [1.54, 1.807) is 9.58 Å². The highest BCUT2D eigenvalue weighted by Gasteiger charge is 2.49.